The van der Waals surface area contributed by atoms with Crippen LogP contribution in [-0.4, -0.2) is 64.9 Å². The van der Waals surface area contributed by atoms with Gasteiger partial charge in [0.2, 0.25) is 0 Å². The van der Waals surface area contributed by atoms with E-state index in [4.69, 9.17) is 4.74 Å². The Morgan fingerprint density at radius 3 is 3.10 bits per heavy atom. The lowest BCUT2D eigenvalue weighted by Gasteiger charge is -2.10. The highest BCUT2D eigenvalue weighted by atomic mass is 16.5. The molecule has 0 spiro atoms. The minimum absolute atomic E-state index is 0.126. The van der Waals surface area contributed by atoms with Gasteiger partial charge in [0, 0.05) is 12.6 Å². The molecule has 1 aliphatic heterocycles. The zero-order valence-corrected chi connectivity index (χ0v) is 11.4. The van der Waals surface area contributed by atoms with E-state index in [1.54, 1.807) is 0 Å². The number of ether oxygens (including phenoxy) is 2. The van der Waals surface area contributed by atoms with E-state index < -0.39 is 18.0 Å². The van der Waals surface area contributed by atoms with Crippen LogP contribution in [0.15, 0.2) is 18.3 Å². The molecule has 0 unspecified atom stereocenters. The van der Waals surface area contributed by atoms with Crippen LogP contribution < -0.4 is 5.32 Å². The van der Waals surface area contributed by atoms with Crippen LogP contribution in [0.5, 0.6) is 0 Å². The molecule has 0 radical (unpaired) electrons. The third kappa shape index (κ3) is 3.86. The number of aromatic nitrogens is 3. The molecule has 0 aromatic carbocycles. The number of methoxy groups -OCH3 is 1. The standard InChI is InChI=1S/C12H16N4O5/c1-20-11(18)3-2-4-13-12(19)8-5-16(15-14-8)9-6-21-7-10(9)17/h2-3,5,9-10,17H,4,6-7H2,1H3,(H,13,19)/b3-2+/t9-,10-/m1/s1. The quantitative estimate of drug-likeness (QED) is 0.511. The summed E-state index contributed by atoms with van der Waals surface area (Å²) >= 11 is 0. The molecule has 0 aliphatic carbocycles. The van der Waals surface area contributed by atoms with Crippen molar-refractivity contribution in [3.63, 3.8) is 0 Å². The van der Waals surface area contributed by atoms with Gasteiger partial charge in [-0.25, -0.2) is 9.48 Å². The van der Waals surface area contributed by atoms with E-state index in [0.717, 1.165) is 0 Å². The van der Waals surface area contributed by atoms with Gasteiger partial charge in [0.15, 0.2) is 5.69 Å². The molecular formula is C12H16N4O5. The van der Waals surface area contributed by atoms with E-state index in [1.165, 1.54) is 30.1 Å². The highest BCUT2D eigenvalue weighted by Crippen LogP contribution is 2.18. The van der Waals surface area contributed by atoms with Gasteiger partial charge >= 0.3 is 5.97 Å². The van der Waals surface area contributed by atoms with E-state index in [2.05, 4.69) is 20.4 Å². The Morgan fingerprint density at radius 1 is 1.62 bits per heavy atom. The summed E-state index contributed by atoms with van der Waals surface area (Å²) in [6.07, 6.45) is 3.46. The van der Waals surface area contributed by atoms with Gasteiger partial charge in [0.05, 0.1) is 26.5 Å². The monoisotopic (exact) mass is 296 g/mol. The van der Waals surface area contributed by atoms with Crippen LogP contribution >= 0.6 is 0 Å². The van der Waals surface area contributed by atoms with Crippen molar-refractivity contribution in [3.05, 3.63) is 24.0 Å². The number of carbonyl (C=O) groups is 2. The second kappa shape index (κ2) is 6.95. The molecule has 2 rings (SSSR count). The van der Waals surface area contributed by atoms with Crippen molar-refractivity contribution in [1.82, 2.24) is 20.3 Å². The van der Waals surface area contributed by atoms with E-state index in [1.807, 2.05) is 0 Å². The fraction of sp³-hybridized carbons (Fsp3) is 0.500. The Hall–Kier alpha value is -2.26. The minimum Gasteiger partial charge on any atom is -0.466 e. The zero-order valence-electron chi connectivity index (χ0n) is 11.4. The van der Waals surface area contributed by atoms with Crippen LogP contribution in [0.4, 0.5) is 0 Å². The van der Waals surface area contributed by atoms with Crippen LogP contribution in [0.25, 0.3) is 0 Å². The molecular weight excluding hydrogens is 280 g/mol. The largest absolute Gasteiger partial charge is 0.466 e. The van der Waals surface area contributed by atoms with Gasteiger partial charge in [-0.05, 0) is 0 Å². The first-order valence-corrected chi connectivity index (χ1v) is 6.32. The van der Waals surface area contributed by atoms with Crippen molar-refractivity contribution >= 4 is 11.9 Å². The molecule has 114 valence electrons. The highest BCUT2D eigenvalue weighted by Gasteiger charge is 2.29. The molecule has 21 heavy (non-hydrogen) atoms. The molecule has 1 aliphatic rings. The van der Waals surface area contributed by atoms with Crippen molar-refractivity contribution in [3.8, 4) is 0 Å². The van der Waals surface area contributed by atoms with E-state index >= 15 is 0 Å². The minimum atomic E-state index is -0.661. The number of aliphatic hydroxyl groups is 1. The predicted octanol–water partition coefficient (Wildman–Crippen LogP) is -1.33. The topological polar surface area (TPSA) is 116 Å². The number of nitrogens with one attached hydrogen (secondary N) is 1. The SMILES string of the molecule is COC(=O)/C=C/CNC(=O)c1cn([C@@H]2COC[C@H]2O)nn1. The van der Waals surface area contributed by atoms with Crippen LogP contribution in [0.2, 0.25) is 0 Å². The Kier molecular flexibility index (Phi) is 5.01. The van der Waals surface area contributed by atoms with Crippen molar-refractivity contribution in [2.24, 2.45) is 0 Å². The summed E-state index contributed by atoms with van der Waals surface area (Å²) in [5.74, 6) is -0.922. The number of rotatable bonds is 5. The van der Waals surface area contributed by atoms with Crippen molar-refractivity contribution < 1.29 is 24.2 Å². The Labute approximate surface area is 120 Å². The lowest BCUT2D eigenvalue weighted by Crippen LogP contribution is -2.24. The first-order chi connectivity index (χ1) is 10.1. The van der Waals surface area contributed by atoms with Crippen LogP contribution in [-0.2, 0) is 14.3 Å². The number of aliphatic hydroxyl groups excluding tert-OH is 1. The maximum atomic E-state index is 11.8. The van der Waals surface area contributed by atoms with Crippen LogP contribution in [0.1, 0.15) is 16.5 Å². The van der Waals surface area contributed by atoms with Crippen molar-refractivity contribution in [2.45, 2.75) is 12.1 Å². The van der Waals surface area contributed by atoms with E-state index in [-0.39, 0.29) is 24.9 Å². The van der Waals surface area contributed by atoms with Gasteiger partial charge in [-0.15, -0.1) is 5.10 Å². The molecule has 1 aromatic heterocycles. The summed E-state index contributed by atoms with van der Waals surface area (Å²) in [4.78, 5) is 22.6. The maximum Gasteiger partial charge on any atom is 0.330 e. The summed E-state index contributed by atoms with van der Waals surface area (Å²) in [5.41, 5.74) is 0.126. The lowest BCUT2D eigenvalue weighted by atomic mass is 10.2. The molecule has 1 saturated heterocycles. The molecule has 1 amide bonds. The summed E-state index contributed by atoms with van der Waals surface area (Å²) in [6, 6.07) is -0.335. The molecule has 0 bridgehead atoms. The van der Waals surface area contributed by atoms with Crippen LogP contribution in [0.3, 0.4) is 0 Å². The summed E-state index contributed by atoms with van der Waals surface area (Å²) in [7, 11) is 1.27. The molecule has 1 aromatic rings. The average Bonchev–Trinajstić information content (AvgIpc) is 3.11. The number of amides is 1. The lowest BCUT2D eigenvalue weighted by molar-refractivity contribution is -0.134. The molecule has 1 fully saturated rings. The maximum absolute atomic E-state index is 11.8. The summed E-state index contributed by atoms with van der Waals surface area (Å²) in [6.45, 7) is 0.730. The second-order valence-electron chi connectivity index (χ2n) is 4.39. The Bertz CT molecular complexity index is 542. The second-order valence-corrected chi connectivity index (χ2v) is 4.39. The molecule has 2 atom stereocenters. The van der Waals surface area contributed by atoms with Crippen molar-refractivity contribution in [2.75, 3.05) is 26.9 Å². The fourth-order valence-corrected chi connectivity index (χ4v) is 1.79. The average molecular weight is 296 g/mol. The van der Waals surface area contributed by atoms with Gasteiger partial charge < -0.3 is 19.9 Å². The number of carbonyl (C=O) groups excluding carboxylic acids is 2. The first-order valence-electron chi connectivity index (χ1n) is 6.32. The molecule has 9 nitrogen and oxygen atoms in total. The van der Waals surface area contributed by atoms with Crippen molar-refractivity contribution in [1.29, 1.82) is 0 Å². The normalized spacial score (nSPS) is 21.6. The number of hydrogen-bond donors (Lipinski definition) is 2. The van der Waals surface area contributed by atoms with E-state index in [0.29, 0.717) is 6.61 Å². The summed E-state index contributed by atoms with van der Waals surface area (Å²) < 4.78 is 10.9. The van der Waals surface area contributed by atoms with Gasteiger partial charge in [-0.3, -0.25) is 4.79 Å². The van der Waals surface area contributed by atoms with E-state index in [9.17, 15) is 14.7 Å². The molecule has 2 N–H and O–H groups in total. The Morgan fingerprint density at radius 2 is 2.43 bits per heavy atom. The highest BCUT2D eigenvalue weighted by molar-refractivity contribution is 5.92. The third-order valence-electron chi connectivity index (χ3n) is 2.94. The van der Waals surface area contributed by atoms with Gasteiger partial charge in [-0.2, -0.15) is 0 Å². The van der Waals surface area contributed by atoms with Gasteiger partial charge in [0.1, 0.15) is 12.1 Å². The Balaban J connectivity index is 1.87. The number of esters is 1. The van der Waals surface area contributed by atoms with Crippen LogP contribution in [0, 0.1) is 0 Å². The molecule has 0 saturated carbocycles. The first kappa shape index (κ1) is 15.1. The zero-order chi connectivity index (χ0) is 15.2. The smallest absolute Gasteiger partial charge is 0.330 e. The number of nitrogens with zero attached hydrogens (tertiary/aromatic N) is 3. The molecule has 2 heterocycles. The summed E-state index contributed by atoms with van der Waals surface area (Å²) in [5, 5.41) is 19.8. The van der Waals surface area contributed by atoms with Gasteiger partial charge in [-0.1, -0.05) is 11.3 Å². The van der Waals surface area contributed by atoms with Gasteiger partial charge in [0.25, 0.3) is 5.91 Å². The predicted molar refractivity (Wildman–Crippen MR) is 69.4 cm³/mol. The third-order valence-corrected chi connectivity index (χ3v) is 2.94. The molecule has 9 heteroatoms. The fourth-order valence-electron chi connectivity index (χ4n) is 1.79. The number of hydrogen-bond acceptors (Lipinski definition) is 7.